The minimum atomic E-state index is -0.710. The number of fused-ring (bicyclic) bond motifs is 1. The van der Waals surface area contributed by atoms with Crippen molar-refractivity contribution < 1.29 is 19.2 Å². The van der Waals surface area contributed by atoms with Crippen LogP contribution < -0.4 is 21.3 Å². The molecule has 0 spiro atoms. The van der Waals surface area contributed by atoms with Crippen LogP contribution in [-0.2, 0) is 14.4 Å². The zero-order valence-corrected chi connectivity index (χ0v) is 19.4. The Morgan fingerprint density at radius 3 is 2.34 bits per heavy atom. The number of primary amides is 1. The van der Waals surface area contributed by atoms with Crippen molar-refractivity contribution in [2.24, 2.45) is 11.7 Å². The molecule has 2 aliphatic heterocycles. The van der Waals surface area contributed by atoms with Gasteiger partial charge >= 0.3 is 0 Å². The number of rotatable bonds is 7. The fourth-order valence-electron chi connectivity index (χ4n) is 5.05. The van der Waals surface area contributed by atoms with Crippen molar-refractivity contribution in [2.75, 3.05) is 29.9 Å². The molecule has 35 heavy (non-hydrogen) atoms. The van der Waals surface area contributed by atoms with Gasteiger partial charge in [-0.2, -0.15) is 0 Å². The standard InChI is InChI=1S/C26H29N5O4/c27-24(33)16-11-13-30(14-12-16)21-8-4-3-7-20(21)29-22(32)15-28-25(34)23-18-5-1-2-6-19(18)26(35)31(23)17-9-10-17/h1-8,16-17,23H,9-15H2,(H2,27,33)(H,28,34)(H,29,32). The molecule has 2 aromatic carbocycles. The van der Waals surface area contributed by atoms with E-state index in [2.05, 4.69) is 15.5 Å². The number of nitrogens with one attached hydrogen (secondary N) is 2. The Morgan fingerprint density at radius 1 is 0.943 bits per heavy atom. The van der Waals surface area contributed by atoms with Crippen molar-refractivity contribution >= 4 is 35.0 Å². The van der Waals surface area contributed by atoms with Gasteiger partial charge in [-0.1, -0.05) is 30.3 Å². The van der Waals surface area contributed by atoms with Gasteiger partial charge < -0.3 is 26.2 Å². The average molecular weight is 476 g/mol. The Labute approximate surface area is 203 Å². The van der Waals surface area contributed by atoms with Crippen LogP contribution in [0.5, 0.6) is 0 Å². The first-order chi connectivity index (χ1) is 16.9. The van der Waals surface area contributed by atoms with Gasteiger partial charge in [0.25, 0.3) is 5.91 Å². The van der Waals surface area contributed by atoms with Gasteiger partial charge in [0.1, 0.15) is 6.04 Å². The van der Waals surface area contributed by atoms with Crippen LogP contribution in [-0.4, -0.2) is 54.2 Å². The first kappa shape index (κ1) is 22.9. The summed E-state index contributed by atoms with van der Waals surface area (Å²) in [6, 6.07) is 14.0. The lowest BCUT2D eigenvalue weighted by molar-refractivity contribution is -0.127. The second kappa shape index (κ2) is 9.40. The molecule has 0 radical (unpaired) electrons. The number of carbonyl (C=O) groups is 4. The van der Waals surface area contributed by atoms with Crippen LogP contribution in [0.25, 0.3) is 0 Å². The molecule has 182 valence electrons. The number of hydrogen-bond acceptors (Lipinski definition) is 5. The first-order valence-electron chi connectivity index (χ1n) is 12.1. The molecule has 4 N–H and O–H groups in total. The Kier molecular flexibility index (Phi) is 6.15. The summed E-state index contributed by atoms with van der Waals surface area (Å²) in [5.74, 6) is -1.22. The van der Waals surface area contributed by atoms with Gasteiger partial charge in [-0.15, -0.1) is 0 Å². The number of amides is 4. The molecule has 0 aromatic heterocycles. The van der Waals surface area contributed by atoms with Gasteiger partial charge in [0.05, 0.1) is 17.9 Å². The highest BCUT2D eigenvalue weighted by Crippen LogP contribution is 2.41. The molecule has 4 amide bonds. The largest absolute Gasteiger partial charge is 0.370 e. The van der Waals surface area contributed by atoms with E-state index in [0.29, 0.717) is 42.7 Å². The SMILES string of the molecule is NC(=O)C1CCN(c2ccccc2NC(=O)CNC(=O)C2c3ccccc3C(=O)N2C2CC2)CC1. The lowest BCUT2D eigenvalue weighted by atomic mass is 9.96. The molecular weight excluding hydrogens is 446 g/mol. The monoisotopic (exact) mass is 475 g/mol. The maximum atomic E-state index is 13.1. The van der Waals surface area contributed by atoms with Crippen LogP contribution >= 0.6 is 0 Å². The molecule has 1 saturated heterocycles. The number of benzene rings is 2. The van der Waals surface area contributed by atoms with Gasteiger partial charge in [-0.3, -0.25) is 19.2 Å². The van der Waals surface area contributed by atoms with Crippen LogP contribution in [0, 0.1) is 5.92 Å². The van der Waals surface area contributed by atoms with Crippen LogP contribution in [0.2, 0.25) is 0 Å². The number of para-hydroxylation sites is 2. The van der Waals surface area contributed by atoms with Crippen LogP contribution in [0.1, 0.15) is 47.6 Å². The van der Waals surface area contributed by atoms with Gasteiger partial charge in [-0.25, -0.2) is 0 Å². The fourth-order valence-corrected chi connectivity index (χ4v) is 5.05. The minimum Gasteiger partial charge on any atom is -0.370 e. The topological polar surface area (TPSA) is 125 Å². The molecule has 2 heterocycles. The van der Waals surface area contributed by atoms with E-state index in [1.54, 1.807) is 23.1 Å². The molecule has 2 aromatic rings. The van der Waals surface area contributed by atoms with Crippen molar-refractivity contribution in [1.82, 2.24) is 10.2 Å². The van der Waals surface area contributed by atoms with Crippen molar-refractivity contribution in [1.29, 1.82) is 0 Å². The molecule has 9 heteroatoms. The Morgan fingerprint density at radius 2 is 1.63 bits per heavy atom. The zero-order valence-electron chi connectivity index (χ0n) is 19.4. The van der Waals surface area contributed by atoms with Gasteiger partial charge in [0.15, 0.2) is 0 Å². The number of piperidine rings is 1. The Hall–Kier alpha value is -3.88. The van der Waals surface area contributed by atoms with Crippen LogP contribution in [0.3, 0.4) is 0 Å². The van der Waals surface area contributed by atoms with E-state index < -0.39 is 6.04 Å². The van der Waals surface area contributed by atoms with E-state index in [9.17, 15) is 19.2 Å². The average Bonchev–Trinajstić information content (AvgIpc) is 3.66. The van der Waals surface area contributed by atoms with Gasteiger partial charge in [0, 0.05) is 30.6 Å². The highest BCUT2D eigenvalue weighted by Gasteiger charge is 2.47. The summed E-state index contributed by atoms with van der Waals surface area (Å²) in [4.78, 5) is 54.0. The summed E-state index contributed by atoms with van der Waals surface area (Å²) in [5.41, 5.74) is 8.19. The van der Waals surface area contributed by atoms with Crippen LogP contribution in [0.4, 0.5) is 11.4 Å². The van der Waals surface area contributed by atoms with E-state index in [1.165, 1.54) is 0 Å². The van der Waals surface area contributed by atoms with Crippen molar-refractivity contribution in [2.45, 2.75) is 37.8 Å². The molecule has 1 atom stereocenters. The minimum absolute atomic E-state index is 0.0741. The summed E-state index contributed by atoms with van der Waals surface area (Å²) < 4.78 is 0. The molecule has 3 aliphatic rings. The van der Waals surface area contributed by atoms with Crippen LogP contribution in [0.15, 0.2) is 48.5 Å². The number of nitrogens with two attached hydrogens (primary N) is 1. The predicted molar refractivity (Wildman–Crippen MR) is 131 cm³/mol. The lowest BCUT2D eigenvalue weighted by Crippen LogP contribution is -2.43. The number of anilines is 2. The Bertz CT molecular complexity index is 1170. The van der Waals surface area contributed by atoms with E-state index >= 15 is 0 Å². The molecule has 1 aliphatic carbocycles. The number of hydrogen-bond donors (Lipinski definition) is 3. The molecule has 1 unspecified atom stereocenters. The molecule has 2 fully saturated rings. The molecule has 9 nitrogen and oxygen atoms in total. The first-order valence-corrected chi connectivity index (χ1v) is 12.1. The highest BCUT2D eigenvalue weighted by atomic mass is 16.2. The van der Waals surface area contributed by atoms with Gasteiger partial charge in [-0.05, 0) is 49.4 Å². The van der Waals surface area contributed by atoms with Crippen molar-refractivity contribution in [3.63, 3.8) is 0 Å². The number of carbonyl (C=O) groups excluding carboxylic acids is 4. The summed E-state index contributed by atoms with van der Waals surface area (Å²) >= 11 is 0. The third-order valence-electron chi connectivity index (χ3n) is 7.03. The second-order valence-corrected chi connectivity index (χ2v) is 9.38. The summed E-state index contributed by atoms with van der Waals surface area (Å²) in [7, 11) is 0. The maximum Gasteiger partial charge on any atom is 0.255 e. The summed E-state index contributed by atoms with van der Waals surface area (Å²) in [5, 5.41) is 5.62. The van der Waals surface area contributed by atoms with E-state index in [4.69, 9.17) is 5.73 Å². The zero-order chi connectivity index (χ0) is 24.5. The maximum absolute atomic E-state index is 13.1. The van der Waals surface area contributed by atoms with E-state index in [-0.39, 0.29) is 42.1 Å². The second-order valence-electron chi connectivity index (χ2n) is 9.38. The third-order valence-corrected chi connectivity index (χ3v) is 7.03. The normalized spacial score (nSPS) is 19.9. The highest BCUT2D eigenvalue weighted by molar-refractivity contribution is 6.06. The van der Waals surface area contributed by atoms with E-state index in [1.807, 2.05) is 30.3 Å². The smallest absolute Gasteiger partial charge is 0.255 e. The molecule has 0 bridgehead atoms. The third kappa shape index (κ3) is 4.58. The van der Waals surface area contributed by atoms with Gasteiger partial charge in [0.2, 0.25) is 17.7 Å². The predicted octanol–water partition coefficient (Wildman–Crippen LogP) is 1.80. The summed E-state index contributed by atoms with van der Waals surface area (Å²) in [6.45, 7) is 1.13. The van der Waals surface area contributed by atoms with E-state index in [0.717, 1.165) is 18.5 Å². The quantitative estimate of drug-likeness (QED) is 0.563. The van der Waals surface area contributed by atoms with Crippen molar-refractivity contribution in [3.05, 3.63) is 59.7 Å². The fraction of sp³-hybridized carbons (Fsp3) is 0.385. The van der Waals surface area contributed by atoms with Crippen molar-refractivity contribution in [3.8, 4) is 0 Å². The molecule has 5 rings (SSSR count). The Balaban J connectivity index is 1.22. The lowest BCUT2D eigenvalue weighted by Gasteiger charge is -2.33. The number of nitrogens with zero attached hydrogens (tertiary/aromatic N) is 2. The molecular formula is C26H29N5O4. The summed E-state index contributed by atoms with van der Waals surface area (Å²) in [6.07, 6.45) is 3.12. The molecule has 1 saturated carbocycles.